The van der Waals surface area contributed by atoms with E-state index in [4.69, 9.17) is 15.9 Å². The van der Waals surface area contributed by atoms with Gasteiger partial charge >= 0.3 is 6.03 Å². The van der Waals surface area contributed by atoms with E-state index in [-0.39, 0.29) is 12.5 Å². The average Bonchev–Trinajstić information content (AvgIpc) is 3.11. The maximum atomic E-state index is 10.7. The zero-order chi connectivity index (χ0) is 15.9. The molecule has 0 saturated heterocycles. The van der Waals surface area contributed by atoms with E-state index < -0.39 is 6.03 Å². The van der Waals surface area contributed by atoms with Crippen LogP contribution < -0.4 is 22.1 Å². The molecule has 2 heterocycles. The molecule has 6 N–H and O–H groups in total. The molecule has 9 heteroatoms. The van der Waals surface area contributed by atoms with Crippen LogP contribution in [0, 0.1) is 0 Å². The summed E-state index contributed by atoms with van der Waals surface area (Å²) < 4.78 is 5.57. The van der Waals surface area contributed by atoms with Crippen LogP contribution >= 0.6 is 11.3 Å². The predicted molar refractivity (Wildman–Crippen MR) is 85.7 cm³/mol. The van der Waals surface area contributed by atoms with Gasteiger partial charge in [-0.25, -0.2) is 9.78 Å². The summed E-state index contributed by atoms with van der Waals surface area (Å²) in [6.45, 7) is 4.33. The summed E-state index contributed by atoms with van der Waals surface area (Å²) >= 11 is 1.34. The fourth-order valence-electron chi connectivity index (χ4n) is 1.53. The number of thiazole rings is 1. The minimum Gasteiger partial charge on any atom is -0.458 e. The Hall–Kier alpha value is -2.81. The fourth-order valence-corrected chi connectivity index (χ4v) is 2.22. The quantitative estimate of drug-likeness (QED) is 0.362. The monoisotopic (exact) mass is 320 g/mol. The molecule has 0 aliphatic rings. The van der Waals surface area contributed by atoms with Gasteiger partial charge in [-0.2, -0.15) is 4.99 Å². The second-order valence-electron chi connectivity index (χ2n) is 4.17. The number of furan rings is 1. The SMILES string of the molecule is C=CCN/C(N)=N/c1nc(-c2ccc(CNC(N)=O)o2)cs1. The molecule has 2 aromatic rings. The second kappa shape index (κ2) is 7.27. The summed E-state index contributed by atoms with van der Waals surface area (Å²) in [6.07, 6.45) is 1.68. The molecule has 0 aliphatic heterocycles. The van der Waals surface area contributed by atoms with Crippen molar-refractivity contribution in [3.8, 4) is 11.5 Å². The molecule has 22 heavy (non-hydrogen) atoms. The Morgan fingerprint density at radius 2 is 2.27 bits per heavy atom. The van der Waals surface area contributed by atoms with Crippen molar-refractivity contribution in [2.24, 2.45) is 16.5 Å². The molecule has 116 valence electrons. The van der Waals surface area contributed by atoms with Gasteiger partial charge in [0.1, 0.15) is 11.5 Å². The maximum absolute atomic E-state index is 10.7. The number of urea groups is 1. The van der Waals surface area contributed by atoms with Gasteiger partial charge in [-0.05, 0) is 12.1 Å². The van der Waals surface area contributed by atoms with Crippen LogP contribution in [-0.2, 0) is 6.54 Å². The molecule has 2 amide bonds. The molecule has 8 nitrogen and oxygen atoms in total. The van der Waals surface area contributed by atoms with Gasteiger partial charge in [0.15, 0.2) is 11.7 Å². The molecule has 0 spiro atoms. The molecular weight excluding hydrogens is 304 g/mol. The van der Waals surface area contributed by atoms with E-state index in [1.807, 2.05) is 5.38 Å². The molecule has 0 aliphatic carbocycles. The number of carbonyl (C=O) groups is 1. The number of hydrogen-bond donors (Lipinski definition) is 4. The summed E-state index contributed by atoms with van der Waals surface area (Å²) in [5, 5.41) is 7.63. The van der Waals surface area contributed by atoms with Crippen LogP contribution in [-0.4, -0.2) is 23.5 Å². The molecule has 0 aromatic carbocycles. The van der Waals surface area contributed by atoms with Crippen molar-refractivity contribution >= 4 is 28.5 Å². The van der Waals surface area contributed by atoms with Crippen LogP contribution in [0.1, 0.15) is 5.76 Å². The highest BCUT2D eigenvalue weighted by Gasteiger charge is 2.09. The van der Waals surface area contributed by atoms with Crippen molar-refractivity contribution in [3.63, 3.8) is 0 Å². The normalized spacial score (nSPS) is 11.2. The number of nitrogens with one attached hydrogen (secondary N) is 2. The Kier molecular flexibility index (Phi) is 5.15. The van der Waals surface area contributed by atoms with Crippen LogP contribution in [0.2, 0.25) is 0 Å². The molecule has 2 aromatic heterocycles. The van der Waals surface area contributed by atoms with E-state index in [2.05, 4.69) is 27.2 Å². The lowest BCUT2D eigenvalue weighted by molar-refractivity contribution is 0.247. The van der Waals surface area contributed by atoms with Crippen molar-refractivity contribution in [1.29, 1.82) is 0 Å². The molecule has 0 radical (unpaired) electrons. The lowest BCUT2D eigenvalue weighted by Crippen LogP contribution is -2.31. The highest BCUT2D eigenvalue weighted by molar-refractivity contribution is 7.13. The molecule has 0 saturated carbocycles. The number of rotatable bonds is 6. The predicted octanol–water partition coefficient (Wildman–Crippen LogP) is 1.29. The van der Waals surface area contributed by atoms with Gasteiger partial charge in [-0.1, -0.05) is 6.08 Å². The summed E-state index contributed by atoms with van der Waals surface area (Å²) in [5.41, 5.74) is 11.3. The number of carbonyl (C=O) groups excluding carboxylic acids is 1. The average molecular weight is 320 g/mol. The van der Waals surface area contributed by atoms with Gasteiger partial charge in [-0.3, -0.25) is 0 Å². The first-order chi connectivity index (χ1) is 10.6. The minimum atomic E-state index is -0.606. The van der Waals surface area contributed by atoms with E-state index in [9.17, 15) is 4.79 Å². The number of nitrogens with zero attached hydrogens (tertiary/aromatic N) is 2. The van der Waals surface area contributed by atoms with Crippen molar-refractivity contribution in [2.75, 3.05) is 6.54 Å². The molecule has 0 unspecified atom stereocenters. The summed E-state index contributed by atoms with van der Waals surface area (Å²) in [4.78, 5) is 19.1. The van der Waals surface area contributed by atoms with E-state index in [0.29, 0.717) is 28.9 Å². The first-order valence-corrected chi connectivity index (χ1v) is 7.23. The Balaban J connectivity index is 2.05. The van der Waals surface area contributed by atoms with Crippen LogP contribution in [0.5, 0.6) is 0 Å². The van der Waals surface area contributed by atoms with Crippen LogP contribution in [0.25, 0.3) is 11.5 Å². The molecule has 0 fully saturated rings. The zero-order valence-corrected chi connectivity index (χ0v) is 12.5. The number of guanidine groups is 1. The standard InChI is InChI=1S/C13H16N6O2S/c1-2-5-16-11(14)19-13-18-9(7-22-13)10-4-3-8(21-10)6-17-12(15)20/h2-4,7H,1,5-6H2,(H3,15,17,20)(H3,14,16,18,19). The summed E-state index contributed by atoms with van der Waals surface area (Å²) in [6, 6.07) is 2.90. The number of hydrogen-bond acceptors (Lipinski definition) is 5. The second-order valence-corrected chi connectivity index (χ2v) is 5.00. The molecular formula is C13H16N6O2S. The Bertz CT molecular complexity index is 690. The number of aliphatic imine (C=N–C) groups is 1. The van der Waals surface area contributed by atoms with E-state index >= 15 is 0 Å². The third-order valence-electron chi connectivity index (χ3n) is 2.49. The lowest BCUT2D eigenvalue weighted by Gasteiger charge is -1.99. The van der Waals surface area contributed by atoms with Gasteiger partial charge in [0, 0.05) is 11.9 Å². The number of nitrogens with two attached hydrogens (primary N) is 2. The van der Waals surface area contributed by atoms with Crippen molar-refractivity contribution in [3.05, 3.63) is 35.9 Å². The van der Waals surface area contributed by atoms with Crippen LogP contribution in [0.4, 0.5) is 9.93 Å². The summed E-state index contributed by atoms with van der Waals surface area (Å²) in [5.74, 6) is 1.43. The maximum Gasteiger partial charge on any atom is 0.312 e. The lowest BCUT2D eigenvalue weighted by atomic mass is 10.3. The first kappa shape index (κ1) is 15.6. The Morgan fingerprint density at radius 1 is 1.45 bits per heavy atom. The van der Waals surface area contributed by atoms with Gasteiger partial charge < -0.3 is 26.5 Å². The minimum absolute atomic E-state index is 0.225. The van der Waals surface area contributed by atoms with Crippen LogP contribution in [0.3, 0.4) is 0 Å². The van der Waals surface area contributed by atoms with Gasteiger partial charge in [-0.15, -0.1) is 17.9 Å². The van der Waals surface area contributed by atoms with Gasteiger partial charge in [0.05, 0.1) is 6.54 Å². The molecule has 2 rings (SSSR count). The van der Waals surface area contributed by atoms with Crippen molar-refractivity contribution in [1.82, 2.24) is 15.6 Å². The zero-order valence-electron chi connectivity index (χ0n) is 11.7. The highest BCUT2D eigenvalue weighted by atomic mass is 32.1. The smallest absolute Gasteiger partial charge is 0.312 e. The number of aromatic nitrogens is 1. The van der Waals surface area contributed by atoms with E-state index in [0.717, 1.165) is 0 Å². The largest absolute Gasteiger partial charge is 0.458 e. The molecule has 0 bridgehead atoms. The van der Waals surface area contributed by atoms with Gasteiger partial charge in [0.2, 0.25) is 5.13 Å². The Labute approximate surface area is 130 Å². The number of amides is 2. The van der Waals surface area contributed by atoms with E-state index in [1.54, 1.807) is 18.2 Å². The van der Waals surface area contributed by atoms with Gasteiger partial charge in [0.25, 0.3) is 0 Å². The Morgan fingerprint density at radius 3 is 3.00 bits per heavy atom. The first-order valence-electron chi connectivity index (χ1n) is 6.35. The highest BCUT2D eigenvalue weighted by Crippen LogP contribution is 2.27. The third kappa shape index (κ3) is 4.35. The van der Waals surface area contributed by atoms with Crippen LogP contribution in [0.15, 0.2) is 39.6 Å². The fraction of sp³-hybridized carbons (Fsp3) is 0.154. The topological polar surface area (TPSA) is 132 Å². The number of primary amides is 1. The van der Waals surface area contributed by atoms with E-state index in [1.165, 1.54) is 11.3 Å². The van der Waals surface area contributed by atoms with Crippen molar-refractivity contribution < 1.29 is 9.21 Å². The summed E-state index contributed by atoms with van der Waals surface area (Å²) in [7, 11) is 0. The molecule has 0 atom stereocenters. The third-order valence-corrected chi connectivity index (χ3v) is 3.22. The van der Waals surface area contributed by atoms with Crippen molar-refractivity contribution in [2.45, 2.75) is 6.54 Å².